The zero-order valence-corrected chi connectivity index (χ0v) is 17.0. The molecular weight excluding hydrogens is 364 g/mol. The smallest absolute Gasteiger partial charge is 0.387 e. The molecule has 0 atom stereocenters. The molecule has 3 rings (SSSR count). The second-order valence-electron chi connectivity index (χ2n) is 7.35. The third-order valence-electron chi connectivity index (χ3n) is 5.05. The first kappa shape index (κ1) is 20.0. The lowest BCUT2D eigenvalue weighted by Crippen LogP contribution is -2.24. The van der Waals surface area contributed by atoms with Crippen molar-refractivity contribution >= 4 is 5.52 Å². The average molecular weight is 389 g/mol. The molecule has 0 spiro atoms. The Hall–Kier alpha value is -2.70. The molecule has 3 aromatic rings. The molecule has 0 saturated carbocycles. The zero-order chi connectivity index (χ0) is 20.7. The predicted octanol–water partition coefficient (Wildman–Crippen LogP) is 4.60. The maximum absolute atomic E-state index is 13.2. The molecule has 2 heterocycles. The van der Waals surface area contributed by atoms with E-state index in [1.54, 1.807) is 23.7 Å². The summed E-state index contributed by atoms with van der Waals surface area (Å²) >= 11 is 0. The fourth-order valence-corrected chi connectivity index (χ4v) is 3.66. The van der Waals surface area contributed by atoms with Crippen molar-refractivity contribution in [2.24, 2.45) is 7.05 Å². The number of ether oxygens (including phenoxy) is 1. The molecule has 2 aromatic heterocycles. The molecular formula is C21H25F2N3O2. The van der Waals surface area contributed by atoms with Crippen LogP contribution in [0.15, 0.2) is 23.0 Å². The number of aromatic nitrogens is 3. The van der Waals surface area contributed by atoms with Crippen LogP contribution in [0.3, 0.4) is 0 Å². The maximum Gasteiger partial charge on any atom is 0.387 e. The molecule has 0 amide bonds. The third-order valence-corrected chi connectivity index (χ3v) is 5.05. The Bertz CT molecular complexity index is 1100. The SMILES string of the molecule is CCc1cc(OC(F)F)cc(C)c1-c1nn2c(C)cc(C(C)C)c2c(=O)n1C. The van der Waals surface area contributed by atoms with E-state index in [1.165, 1.54) is 4.57 Å². The maximum atomic E-state index is 13.2. The normalized spacial score (nSPS) is 11.8. The van der Waals surface area contributed by atoms with Crippen molar-refractivity contribution in [3.63, 3.8) is 0 Å². The van der Waals surface area contributed by atoms with Crippen LogP contribution >= 0.6 is 0 Å². The van der Waals surface area contributed by atoms with Gasteiger partial charge in [-0.15, -0.1) is 5.10 Å². The summed E-state index contributed by atoms with van der Waals surface area (Å²) in [6.45, 7) is 6.87. The summed E-state index contributed by atoms with van der Waals surface area (Å²) in [6, 6.07) is 5.14. The number of nitrogens with zero attached hydrogens (tertiary/aromatic N) is 3. The van der Waals surface area contributed by atoms with E-state index in [9.17, 15) is 13.6 Å². The van der Waals surface area contributed by atoms with E-state index in [0.29, 0.717) is 17.8 Å². The van der Waals surface area contributed by atoms with Gasteiger partial charge in [-0.25, -0.2) is 4.52 Å². The van der Waals surface area contributed by atoms with E-state index in [0.717, 1.165) is 27.9 Å². The Morgan fingerprint density at radius 3 is 2.43 bits per heavy atom. The highest BCUT2D eigenvalue weighted by molar-refractivity contribution is 5.68. The van der Waals surface area contributed by atoms with Gasteiger partial charge in [-0.2, -0.15) is 8.78 Å². The molecule has 0 radical (unpaired) electrons. The molecule has 7 heteroatoms. The van der Waals surface area contributed by atoms with Crippen molar-refractivity contribution in [1.29, 1.82) is 0 Å². The fraction of sp³-hybridized carbons (Fsp3) is 0.429. The van der Waals surface area contributed by atoms with Gasteiger partial charge in [0.2, 0.25) is 0 Å². The van der Waals surface area contributed by atoms with Gasteiger partial charge < -0.3 is 4.74 Å². The molecule has 0 N–H and O–H groups in total. The number of aryl methyl sites for hydroxylation is 3. The first-order valence-corrected chi connectivity index (χ1v) is 9.33. The third kappa shape index (κ3) is 3.30. The lowest BCUT2D eigenvalue weighted by molar-refractivity contribution is -0.0499. The highest BCUT2D eigenvalue weighted by Gasteiger charge is 2.21. The number of rotatable bonds is 5. The molecule has 0 unspecified atom stereocenters. The lowest BCUT2D eigenvalue weighted by Gasteiger charge is -2.17. The monoisotopic (exact) mass is 389 g/mol. The molecule has 0 saturated heterocycles. The summed E-state index contributed by atoms with van der Waals surface area (Å²) in [7, 11) is 1.69. The Balaban J connectivity index is 2.32. The zero-order valence-electron chi connectivity index (χ0n) is 17.0. The molecule has 28 heavy (non-hydrogen) atoms. The molecule has 150 valence electrons. The van der Waals surface area contributed by atoms with Gasteiger partial charge in [-0.1, -0.05) is 20.8 Å². The van der Waals surface area contributed by atoms with Crippen LogP contribution < -0.4 is 10.3 Å². The van der Waals surface area contributed by atoms with E-state index in [2.05, 4.69) is 4.74 Å². The van der Waals surface area contributed by atoms with Crippen LogP contribution in [0.4, 0.5) is 8.78 Å². The Kier molecular flexibility index (Phi) is 5.28. The quantitative estimate of drug-likeness (QED) is 0.641. The van der Waals surface area contributed by atoms with E-state index in [1.807, 2.05) is 40.7 Å². The molecule has 0 aliphatic carbocycles. The standard InChI is InChI=1S/C21H25F2N3O2/c1-7-14-10-15(28-21(22)23)8-12(4)17(14)19-24-26-13(5)9-16(11(2)3)18(26)20(27)25(19)6/h8-11,21H,7H2,1-6H3. The van der Waals surface area contributed by atoms with Crippen molar-refractivity contribution in [2.75, 3.05) is 0 Å². The number of alkyl halides is 2. The summed E-state index contributed by atoms with van der Waals surface area (Å²) in [5.41, 5.74) is 4.58. The minimum atomic E-state index is -2.88. The van der Waals surface area contributed by atoms with Gasteiger partial charge in [0.15, 0.2) is 5.82 Å². The number of fused-ring (bicyclic) bond motifs is 1. The predicted molar refractivity (Wildman–Crippen MR) is 105 cm³/mol. The minimum Gasteiger partial charge on any atom is -0.435 e. The van der Waals surface area contributed by atoms with Crippen LogP contribution in [0, 0.1) is 13.8 Å². The van der Waals surface area contributed by atoms with E-state index < -0.39 is 6.61 Å². The summed E-state index contributed by atoms with van der Waals surface area (Å²) in [5, 5.41) is 4.76. The van der Waals surface area contributed by atoms with E-state index in [4.69, 9.17) is 5.10 Å². The van der Waals surface area contributed by atoms with Gasteiger partial charge in [0.1, 0.15) is 11.3 Å². The van der Waals surface area contributed by atoms with Crippen molar-refractivity contribution in [2.45, 2.75) is 53.6 Å². The summed E-state index contributed by atoms with van der Waals surface area (Å²) in [4.78, 5) is 13.2. The van der Waals surface area contributed by atoms with E-state index in [-0.39, 0.29) is 17.2 Å². The first-order chi connectivity index (χ1) is 13.1. The van der Waals surface area contributed by atoms with Crippen LogP contribution in [0.1, 0.15) is 49.1 Å². The molecule has 0 aliphatic rings. The van der Waals surface area contributed by atoms with Crippen LogP contribution in [-0.2, 0) is 13.5 Å². The number of hydrogen-bond acceptors (Lipinski definition) is 3. The van der Waals surface area contributed by atoms with Crippen molar-refractivity contribution in [3.8, 4) is 17.1 Å². The van der Waals surface area contributed by atoms with Gasteiger partial charge in [0.05, 0.1) is 0 Å². The number of benzene rings is 1. The molecule has 5 nitrogen and oxygen atoms in total. The number of halogens is 2. The van der Waals surface area contributed by atoms with Crippen molar-refractivity contribution in [1.82, 2.24) is 14.2 Å². The second kappa shape index (κ2) is 7.37. The molecule has 0 aliphatic heterocycles. The van der Waals surface area contributed by atoms with Gasteiger partial charge in [0, 0.05) is 18.3 Å². The van der Waals surface area contributed by atoms with Gasteiger partial charge >= 0.3 is 6.61 Å². The van der Waals surface area contributed by atoms with Crippen LogP contribution in [-0.4, -0.2) is 20.8 Å². The Morgan fingerprint density at radius 2 is 1.86 bits per heavy atom. The molecule has 0 fully saturated rings. The average Bonchev–Trinajstić information content (AvgIpc) is 2.94. The second-order valence-corrected chi connectivity index (χ2v) is 7.35. The topological polar surface area (TPSA) is 48.5 Å². The first-order valence-electron chi connectivity index (χ1n) is 9.33. The lowest BCUT2D eigenvalue weighted by atomic mass is 9.98. The fourth-order valence-electron chi connectivity index (χ4n) is 3.66. The van der Waals surface area contributed by atoms with Crippen molar-refractivity contribution in [3.05, 3.63) is 50.9 Å². The summed E-state index contributed by atoms with van der Waals surface area (Å²) in [6.07, 6.45) is 0.590. The number of hydrogen-bond donors (Lipinski definition) is 0. The van der Waals surface area contributed by atoms with Gasteiger partial charge in [0.25, 0.3) is 5.56 Å². The van der Waals surface area contributed by atoms with Crippen LogP contribution in [0.5, 0.6) is 5.75 Å². The highest BCUT2D eigenvalue weighted by atomic mass is 19.3. The summed E-state index contributed by atoms with van der Waals surface area (Å²) in [5.74, 6) is 0.811. The van der Waals surface area contributed by atoms with E-state index >= 15 is 0 Å². The minimum absolute atomic E-state index is 0.110. The van der Waals surface area contributed by atoms with Gasteiger partial charge in [-0.05, 0) is 61.1 Å². The molecule has 1 aromatic carbocycles. The summed E-state index contributed by atoms with van der Waals surface area (Å²) < 4.78 is 33.1. The molecule has 0 bridgehead atoms. The Morgan fingerprint density at radius 1 is 1.18 bits per heavy atom. The largest absolute Gasteiger partial charge is 0.435 e. The van der Waals surface area contributed by atoms with Crippen molar-refractivity contribution < 1.29 is 13.5 Å². The highest BCUT2D eigenvalue weighted by Crippen LogP contribution is 2.31. The van der Waals surface area contributed by atoms with Crippen LogP contribution in [0.2, 0.25) is 0 Å². The van der Waals surface area contributed by atoms with Crippen LogP contribution in [0.25, 0.3) is 16.9 Å². The Labute approximate surface area is 162 Å². The van der Waals surface area contributed by atoms with Gasteiger partial charge in [-0.3, -0.25) is 9.36 Å².